The molecule has 3 heteroatoms. The molecule has 1 atom stereocenters. The van der Waals surface area contributed by atoms with E-state index in [2.05, 4.69) is 17.4 Å². The van der Waals surface area contributed by atoms with E-state index >= 15 is 0 Å². The summed E-state index contributed by atoms with van der Waals surface area (Å²) in [5.41, 5.74) is 9.64. The van der Waals surface area contributed by atoms with Crippen molar-refractivity contribution in [3.63, 3.8) is 0 Å². The highest BCUT2D eigenvalue weighted by Crippen LogP contribution is 2.34. The summed E-state index contributed by atoms with van der Waals surface area (Å²) in [6, 6.07) is 6.32. The van der Waals surface area contributed by atoms with Crippen LogP contribution in [0.15, 0.2) is 18.2 Å². The molecule has 1 saturated carbocycles. The first-order valence-electron chi connectivity index (χ1n) is 6.92. The van der Waals surface area contributed by atoms with Gasteiger partial charge in [0, 0.05) is 11.7 Å². The maximum absolute atomic E-state index is 11.3. The van der Waals surface area contributed by atoms with Gasteiger partial charge in [0.05, 0.1) is 6.42 Å². The topological polar surface area (TPSA) is 55.1 Å². The van der Waals surface area contributed by atoms with Gasteiger partial charge < -0.3 is 11.1 Å². The molecule has 1 aliphatic heterocycles. The van der Waals surface area contributed by atoms with Crippen LogP contribution < -0.4 is 11.1 Å². The summed E-state index contributed by atoms with van der Waals surface area (Å²) >= 11 is 0. The molecule has 18 heavy (non-hydrogen) atoms. The van der Waals surface area contributed by atoms with Crippen LogP contribution in [0.5, 0.6) is 0 Å². The van der Waals surface area contributed by atoms with Crippen molar-refractivity contribution in [2.45, 2.75) is 44.6 Å². The molecule has 1 fully saturated rings. The average Bonchev–Trinajstić information content (AvgIpc) is 2.78. The first-order valence-corrected chi connectivity index (χ1v) is 6.92. The minimum atomic E-state index is 0.0911. The van der Waals surface area contributed by atoms with Gasteiger partial charge in [-0.3, -0.25) is 4.79 Å². The van der Waals surface area contributed by atoms with Crippen molar-refractivity contribution in [3.8, 4) is 0 Å². The molecule has 1 aromatic rings. The lowest BCUT2D eigenvalue weighted by atomic mass is 9.81. The average molecular weight is 244 g/mol. The standard InChI is InChI=1S/C15H20N2O/c16-15(10-4-2-1-3-5-10)11-6-7-13-12(8-11)9-14(18)17-13/h6-8,10,15H,1-5,9,16H2,(H,17,18). The van der Waals surface area contributed by atoms with Gasteiger partial charge in [-0.25, -0.2) is 0 Å². The summed E-state index contributed by atoms with van der Waals surface area (Å²) in [6.07, 6.45) is 6.96. The zero-order valence-electron chi connectivity index (χ0n) is 10.6. The number of rotatable bonds is 2. The molecule has 1 unspecified atom stereocenters. The molecule has 96 valence electrons. The summed E-state index contributed by atoms with van der Waals surface area (Å²) in [7, 11) is 0. The van der Waals surface area contributed by atoms with Crippen LogP contribution in [-0.4, -0.2) is 5.91 Å². The highest BCUT2D eigenvalue weighted by Gasteiger charge is 2.24. The van der Waals surface area contributed by atoms with Crippen molar-refractivity contribution >= 4 is 11.6 Å². The van der Waals surface area contributed by atoms with E-state index in [4.69, 9.17) is 5.73 Å². The second-order valence-electron chi connectivity index (χ2n) is 5.57. The van der Waals surface area contributed by atoms with Crippen LogP contribution in [0.2, 0.25) is 0 Å². The molecule has 3 rings (SSSR count). The Morgan fingerprint density at radius 3 is 2.78 bits per heavy atom. The SMILES string of the molecule is NC(c1ccc2c(c1)CC(=O)N2)C1CCCCC1. The maximum atomic E-state index is 11.3. The second kappa shape index (κ2) is 4.73. The Morgan fingerprint density at radius 1 is 1.22 bits per heavy atom. The molecular weight excluding hydrogens is 224 g/mol. The molecule has 1 aromatic carbocycles. The highest BCUT2D eigenvalue weighted by atomic mass is 16.1. The number of hydrogen-bond acceptors (Lipinski definition) is 2. The Morgan fingerprint density at radius 2 is 2.00 bits per heavy atom. The van der Waals surface area contributed by atoms with E-state index in [9.17, 15) is 4.79 Å². The van der Waals surface area contributed by atoms with Crippen LogP contribution in [-0.2, 0) is 11.2 Å². The van der Waals surface area contributed by atoms with Gasteiger partial charge in [-0.15, -0.1) is 0 Å². The highest BCUT2D eigenvalue weighted by molar-refractivity contribution is 5.99. The van der Waals surface area contributed by atoms with Crippen LogP contribution in [0, 0.1) is 5.92 Å². The van der Waals surface area contributed by atoms with Crippen LogP contribution in [0.3, 0.4) is 0 Å². The van der Waals surface area contributed by atoms with E-state index in [0.717, 1.165) is 11.3 Å². The minimum absolute atomic E-state index is 0.0911. The van der Waals surface area contributed by atoms with Gasteiger partial charge in [0.2, 0.25) is 5.91 Å². The number of benzene rings is 1. The van der Waals surface area contributed by atoms with Crippen molar-refractivity contribution in [1.82, 2.24) is 0 Å². The van der Waals surface area contributed by atoms with Crippen molar-refractivity contribution in [1.29, 1.82) is 0 Å². The van der Waals surface area contributed by atoms with Crippen molar-refractivity contribution in [3.05, 3.63) is 29.3 Å². The monoisotopic (exact) mass is 244 g/mol. The fourth-order valence-electron chi connectivity index (χ4n) is 3.22. The molecule has 1 heterocycles. The quantitative estimate of drug-likeness (QED) is 0.840. The number of hydrogen-bond donors (Lipinski definition) is 2. The molecule has 0 aromatic heterocycles. The lowest BCUT2D eigenvalue weighted by Crippen LogP contribution is -2.23. The van der Waals surface area contributed by atoms with E-state index in [1.54, 1.807) is 0 Å². The van der Waals surface area contributed by atoms with Gasteiger partial charge in [-0.2, -0.15) is 0 Å². The predicted octanol–water partition coefficient (Wildman–Crippen LogP) is 2.76. The van der Waals surface area contributed by atoms with E-state index in [0.29, 0.717) is 12.3 Å². The number of fused-ring (bicyclic) bond motifs is 1. The molecule has 3 N–H and O–H groups in total. The fraction of sp³-hybridized carbons (Fsp3) is 0.533. The third-order valence-electron chi connectivity index (χ3n) is 4.30. The van der Waals surface area contributed by atoms with Crippen LogP contribution >= 0.6 is 0 Å². The van der Waals surface area contributed by atoms with Gasteiger partial charge in [-0.05, 0) is 36.0 Å². The molecule has 1 amide bonds. The lowest BCUT2D eigenvalue weighted by molar-refractivity contribution is -0.115. The Kier molecular flexibility index (Phi) is 3.08. The fourth-order valence-corrected chi connectivity index (χ4v) is 3.22. The Balaban J connectivity index is 1.80. The molecule has 2 aliphatic rings. The number of amides is 1. The minimum Gasteiger partial charge on any atom is -0.326 e. The Hall–Kier alpha value is -1.35. The van der Waals surface area contributed by atoms with Crippen molar-refractivity contribution < 1.29 is 4.79 Å². The third-order valence-corrected chi connectivity index (χ3v) is 4.30. The molecule has 0 radical (unpaired) electrons. The summed E-state index contributed by atoms with van der Waals surface area (Å²) in [6.45, 7) is 0. The van der Waals surface area contributed by atoms with Gasteiger partial charge in [0.1, 0.15) is 0 Å². The van der Waals surface area contributed by atoms with E-state index in [-0.39, 0.29) is 11.9 Å². The molecule has 0 bridgehead atoms. The number of anilines is 1. The summed E-state index contributed by atoms with van der Waals surface area (Å²) in [5, 5.41) is 2.86. The van der Waals surface area contributed by atoms with Crippen molar-refractivity contribution in [2.75, 3.05) is 5.32 Å². The van der Waals surface area contributed by atoms with Crippen LogP contribution in [0.4, 0.5) is 5.69 Å². The van der Waals surface area contributed by atoms with Gasteiger partial charge in [0.15, 0.2) is 0 Å². The predicted molar refractivity (Wildman–Crippen MR) is 72.3 cm³/mol. The normalized spacial score (nSPS) is 21.5. The summed E-state index contributed by atoms with van der Waals surface area (Å²) < 4.78 is 0. The third kappa shape index (κ3) is 2.15. The number of nitrogens with one attached hydrogen (secondary N) is 1. The number of carbonyl (C=O) groups excluding carboxylic acids is 1. The van der Waals surface area contributed by atoms with E-state index in [1.165, 1.54) is 37.7 Å². The zero-order valence-corrected chi connectivity index (χ0v) is 10.6. The molecular formula is C15H20N2O. The molecule has 0 saturated heterocycles. The zero-order chi connectivity index (χ0) is 12.5. The molecule has 3 nitrogen and oxygen atoms in total. The maximum Gasteiger partial charge on any atom is 0.228 e. The summed E-state index contributed by atoms with van der Waals surface area (Å²) in [5.74, 6) is 0.704. The molecule has 1 aliphatic carbocycles. The smallest absolute Gasteiger partial charge is 0.228 e. The van der Waals surface area contributed by atoms with Gasteiger partial charge in [-0.1, -0.05) is 31.4 Å². The second-order valence-corrected chi connectivity index (χ2v) is 5.57. The Bertz CT molecular complexity index is 464. The first kappa shape index (κ1) is 11.7. The Labute approximate surface area is 108 Å². The lowest BCUT2D eigenvalue weighted by Gasteiger charge is -2.28. The number of carbonyl (C=O) groups is 1. The molecule has 0 spiro atoms. The van der Waals surface area contributed by atoms with Gasteiger partial charge in [0.25, 0.3) is 0 Å². The van der Waals surface area contributed by atoms with Crippen LogP contribution in [0.25, 0.3) is 0 Å². The number of nitrogens with two attached hydrogens (primary N) is 1. The largest absolute Gasteiger partial charge is 0.326 e. The van der Waals surface area contributed by atoms with Gasteiger partial charge >= 0.3 is 0 Å². The van der Waals surface area contributed by atoms with Crippen molar-refractivity contribution in [2.24, 2.45) is 11.7 Å². The van der Waals surface area contributed by atoms with E-state index in [1.807, 2.05) is 6.07 Å². The van der Waals surface area contributed by atoms with E-state index < -0.39 is 0 Å². The van der Waals surface area contributed by atoms with Crippen LogP contribution in [0.1, 0.15) is 49.3 Å². The summed E-state index contributed by atoms with van der Waals surface area (Å²) in [4.78, 5) is 11.3. The first-order chi connectivity index (χ1) is 8.74.